The van der Waals surface area contributed by atoms with Crippen molar-refractivity contribution in [1.82, 2.24) is 4.90 Å². The van der Waals surface area contributed by atoms with Gasteiger partial charge >= 0.3 is 6.18 Å². The van der Waals surface area contributed by atoms with Crippen molar-refractivity contribution in [2.45, 2.75) is 19.1 Å². The molecule has 198 valence electrons. The van der Waals surface area contributed by atoms with Crippen LogP contribution in [0, 0.1) is 0 Å². The minimum absolute atomic E-state index is 0.00694. The van der Waals surface area contributed by atoms with Gasteiger partial charge in [0.25, 0.3) is 5.76 Å². The first-order valence-electron chi connectivity index (χ1n) is 11.8. The Bertz CT molecular complexity index is 1510. The van der Waals surface area contributed by atoms with Gasteiger partial charge in [0.15, 0.2) is 0 Å². The first-order valence-corrected chi connectivity index (χ1v) is 11.8. The predicted octanol–water partition coefficient (Wildman–Crippen LogP) is 6.02. The Morgan fingerprint density at radius 3 is 2.39 bits per heavy atom. The molecule has 2 heterocycles. The summed E-state index contributed by atoms with van der Waals surface area (Å²) in [5.41, 5.74) is 0.338. The number of rotatable bonds is 7. The molecule has 10 heteroatoms. The third-order valence-corrected chi connectivity index (χ3v) is 6.26. The summed E-state index contributed by atoms with van der Waals surface area (Å²) in [5, 5.41) is -0.0322. The Labute approximate surface area is 215 Å². The Morgan fingerprint density at radius 2 is 1.68 bits per heavy atom. The third kappa shape index (κ3) is 5.12. The molecule has 38 heavy (non-hydrogen) atoms. The Morgan fingerprint density at radius 1 is 0.947 bits per heavy atom. The van der Waals surface area contributed by atoms with Crippen LogP contribution in [0.5, 0.6) is 28.7 Å². The van der Waals surface area contributed by atoms with Crippen LogP contribution >= 0.6 is 0 Å². The monoisotopic (exact) mass is 527 g/mol. The maximum absolute atomic E-state index is 14.1. The molecule has 7 nitrogen and oxygen atoms in total. The maximum atomic E-state index is 14.1. The van der Waals surface area contributed by atoms with E-state index in [1.165, 1.54) is 25.3 Å². The molecule has 1 aliphatic heterocycles. The second-order valence-corrected chi connectivity index (χ2v) is 8.71. The van der Waals surface area contributed by atoms with Crippen LogP contribution in [-0.2, 0) is 19.1 Å². The molecule has 1 aromatic heterocycles. The summed E-state index contributed by atoms with van der Waals surface area (Å²) in [4.78, 5) is 15.2. The van der Waals surface area contributed by atoms with Crippen LogP contribution in [-0.4, -0.2) is 32.4 Å². The van der Waals surface area contributed by atoms with Crippen molar-refractivity contribution in [3.63, 3.8) is 0 Å². The van der Waals surface area contributed by atoms with Crippen molar-refractivity contribution in [2.75, 3.05) is 27.5 Å². The molecule has 5 rings (SSSR count). The molecule has 0 fully saturated rings. The molecule has 1 aliphatic rings. The molecule has 0 amide bonds. The van der Waals surface area contributed by atoms with E-state index in [-0.39, 0.29) is 30.0 Å². The van der Waals surface area contributed by atoms with Crippen molar-refractivity contribution < 1.29 is 36.5 Å². The highest BCUT2D eigenvalue weighted by Crippen LogP contribution is 2.41. The number of nitrogens with zero attached hydrogens (tertiary/aromatic N) is 1. The normalized spacial score (nSPS) is 13.6. The number of benzene rings is 3. The SMILES string of the molecule is COc1ccc(CCN2COc3ccc4c(=O)c(Oc5cccc(OC)c5)c(C(F)(F)F)oc4c3C2)cc1. The van der Waals surface area contributed by atoms with Gasteiger partial charge in [-0.05, 0) is 48.4 Å². The van der Waals surface area contributed by atoms with Crippen LogP contribution in [0.15, 0.2) is 69.9 Å². The lowest BCUT2D eigenvalue weighted by molar-refractivity contribution is -0.154. The first-order chi connectivity index (χ1) is 18.3. The van der Waals surface area contributed by atoms with Gasteiger partial charge < -0.3 is 23.4 Å². The fourth-order valence-electron chi connectivity index (χ4n) is 4.28. The van der Waals surface area contributed by atoms with Gasteiger partial charge in [-0.15, -0.1) is 0 Å². The standard InChI is InChI=1S/C28H24F3NO6/c1-34-18-8-6-17(7-9-18)12-13-32-15-22-23(36-16-32)11-10-21-24(33)26(27(28(29,30)31)38-25(21)22)37-20-5-3-4-19(14-20)35-2/h3-11,14H,12-13,15-16H2,1-2H3. The number of alkyl halides is 3. The van der Waals surface area contributed by atoms with Crippen molar-refractivity contribution in [3.05, 3.63) is 87.8 Å². The molecule has 0 spiro atoms. The lowest BCUT2D eigenvalue weighted by atomic mass is 10.1. The van der Waals surface area contributed by atoms with Gasteiger partial charge in [0.2, 0.25) is 11.2 Å². The number of halogens is 3. The Kier molecular flexibility index (Phi) is 6.90. The van der Waals surface area contributed by atoms with Gasteiger partial charge in [-0.1, -0.05) is 18.2 Å². The molecule has 4 aromatic rings. The summed E-state index contributed by atoms with van der Waals surface area (Å²) in [5.74, 6) is -0.959. The molecule has 0 saturated heterocycles. The predicted molar refractivity (Wildman–Crippen MR) is 133 cm³/mol. The van der Waals surface area contributed by atoms with Crippen LogP contribution in [0.1, 0.15) is 16.9 Å². The van der Waals surface area contributed by atoms with E-state index in [4.69, 9.17) is 23.4 Å². The largest absolute Gasteiger partial charge is 0.497 e. The van der Waals surface area contributed by atoms with Crippen molar-refractivity contribution in [3.8, 4) is 28.7 Å². The zero-order valence-corrected chi connectivity index (χ0v) is 20.6. The number of fused-ring (bicyclic) bond motifs is 3. The number of ether oxygens (including phenoxy) is 4. The van der Waals surface area contributed by atoms with Gasteiger partial charge in [0.1, 0.15) is 35.3 Å². The summed E-state index contributed by atoms with van der Waals surface area (Å²) < 4.78 is 69.2. The fourth-order valence-corrected chi connectivity index (χ4v) is 4.28. The van der Waals surface area contributed by atoms with Crippen molar-refractivity contribution >= 4 is 11.0 Å². The van der Waals surface area contributed by atoms with E-state index < -0.39 is 23.1 Å². The van der Waals surface area contributed by atoms with Gasteiger partial charge in [0, 0.05) is 19.2 Å². The average molecular weight is 527 g/mol. The van der Waals surface area contributed by atoms with E-state index in [1.54, 1.807) is 25.3 Å². The van der Waals surface area contributed by atoms with Crippen LogP contribution < -0.4 is 24.4 Å². The van der Waals surface area contributed by atoms with Gasteiger partial charge in [-0.25, -0.2) is 0 Å². The quantitative estimate of drug-likeness (QED) is 0.291. The summed E-state index contributed by atoms with van der Waals surface area (Å²) in [6.45, 7) is 1.08. The number of hydrogen-bond acceptors (Lipinski definition) is 7. The Balaban J connectivity index is 1.49. The average Bonchev–Trinajstić information content (AvgIpc) is 2.92. The second-order valence-electron chi connectivity index (χ2n) is 8.71. The van der Waals surface area contributed by atoms with Crippen LogP contribution in [0.2, 0.25) is 0 Å². The summed E-state index contributed by atoms with van der Waals surface area (Å²) in [6, 6.07) is 16.5. The van der Waals surface area contributed by atoms with E-state index in [2.05, 4.69) is 0 Å². The molecule has 0 saturated carbocycles. The van der Waals surface area contributed by atoms with Crippen molar-refractivity contribution in [2.24, 2.45) is 0 Å². The van der Waals surface area contributed by atoms with Crippen LogP contribution in [0.4, 0.5) is 13.2 Å². The van der Waals surface area contributed by atoms with E-state index in [0.29, 0.717) is 30.0 Å². The zero-order valence-electron chi connectivity index (χ0n) is 20.6. The molecule has 0 N–H and O–H groups in total. The van der Waals surface area contributed by atoms with Gasteiger partial charge in [-0.2, -0.15) is 13.2 Å². The molecule has 3 aromatic carbocycles. The minimum atomic E-state index is -4.98. The van der Waals surface area contributed by atoms with Gasteiger partial charge in [0.05, 0.1) is 25.2 Å². The fraction of sp³-hybridized carbons (Fsp3) is 0.250. The molecule has 0 unspecified atom stereocenters. The Hall–Kier alpha value is -4.18. The lowest BCUT2D eigenvalue weighted by Crippen LogP contribution is -2.34. The third-order valence-electron chi connectivity index (χ3n) is 6.26. The number of hydrogen-bond donors (Lipinski definition) is 0. The minimum Gasteiger partial charge on any atom is -0.497 e. The lowest BCUT2D eigenvalue weighted by Gasteiger charge is -2.29. The highest BCUT2D eigenvalue weighted by atomic mass is 19.4. The molecule has 0 aliphatic carbocycles. The first kappa shape index (κ1) is 25.5. The van der Waals surface area contributed by atoms with Crippen LogP contribution in [0.3, 0.4) is 0 Å². The van der Waals surface area contributed by atoms with E-state index in [9.17, 15) is 18.0 Å². The van der Waals surface area contributed by atoms with Crippen LogP contribution in [0.25, 0.3) is 11.0 Å². The molecule has 0 atom stereocenters. The molecule has 0 radical (unpaired) electrons. The van der Waals surface area contributed by atoms with E-state index in [1.807, 2.05) is 29.2 Å². The topological polar surface area (TPSA) is 70.4 Å². The maximum Gasteiger partial charge on any atom is 0.453 e. The molecular formula is C28H24F3NO6. The highest BCUT2D eigenvalue weighted by Gasteiger charge is 2.41. The molecule has 0 bridgehead atoms. The summed E-state index contributed by atoms with van der Waals surface area (Å²) >= 11 is 0. The van der Waals surface area contributed by atoms with Crippen molar-refractivity contribution in [1.29, 1.82) is 0 Å². The molecular weight excluding hydrogens is 503 g/mol. The summed E-state index contributed by atoms with van der Waals surface area (Å²) in [6.07, 6.45) is -4.29. The zero-order chi connectivity index (χ0) is 26.9. The highest BCUT2D eigenvalue weighted by molar-refractivity contribution is 5.84. The van der Waals surface area contributed by atoms with E-state index in [0.717, 1.165) is 11.3 Å². The second kappa shape index (κ2) is 10.3. The van der Waals surface area contributed by atoms with Gasteiger partial charge in [-0.3, -0.25) is 9.69 Å². The summed E-state index contributed by atoms with van der Waals surface area (Å²) in [7, 11) is 3.01. The number of methoxy groups -OCH3 is 2. The smallest absolute Gasteiger partial charge is 0.453 e. The van der Waals surface area contributed by atoms with E-state index >= 15 is 0 Å².